The van der Waals surface area contributed by atoms with Crippen molar-refractivity contribution in [2.45, 2.75) is 45.6 Å². The van der Waals surface area contributed by atoms with Gasteiger partial charge in [-0.2, -0.15) is 0 Å². The topological polar surface area (TPSA) is 41.6 Å². The molecule has 0 aromatic rings. The fraction of sp³-hybridized carbons (Fsp3) is 0.909. The summed E-state index contributed by atoms with van der Waals surface area (Å²) in [7, 11) is 2.07. The SMILES string of the molecule is CCN=C(N)N(C)C1CCCC(C)C1. The van der Waals surface area contributed by atoms with Crippen molar-refractivity contribution in [3.63, 3.8) is 0 Å². The molecule has 2 unspecified atom stereocenters. The monoisotopic (exact) mass is 197 g/mol. The Morgan fingerprint density at radius 3 is 2.79 bits per heavy atom. The summed E-state index contributed by atoms with van der Waals surface area (Å²) in [5.41, 5.74) is 5.88. The second-order valence-electron chi connectivity index (χ2n) is 4.37. The summed E-state index contributed by atoms with van der Waals surface area (Å²) < 4.78 is 0. The van der Waals surface area contributed by atoms with Crippen LogP contribution in [0, 0.1) is 5.92 Å². The number of guanidine groups is 1. The van der Waals surface area contributed by atoms with E-state index in [0.717, 1.165) is 12.5 Å². The third kappa shape index (κ3) is 2.89. The van der Waals surface area contributed by atoms with Crippen LogP contribution in [0.15, 0.2) is 4.99 Å². The zero-order valence-corrected chi connectivity index (χ0v) is 9.66. The zero-order chi connectivity index (χ0) is 10.6. The van der Waals surface area contributed by atoms with Gasteiger partial charge >= 0.3 is 0 Å². The highest BCUT2D eigenvalue weighted by Crippen LogP contribution is 2.26. The average molecular weight is 197 g/mol. The fourth-order valence-electron chi connectivity index (χ4n) is 2.21. The quantitative estimate of drug-likeness (QED) is 0.542. The lowest BCUT2D eigenvalue weighted by Crippen LogP contribution is -2.43. The smallest absolute Gasteiger partial charge is 0.191 e. The van der Waals surface area contributed by atoms with Gasteiger partial charge < -0.3 is 10.6 Å². The molecule has 1 aliphatic carbocycles. The van der Waals surface area contributed by atoms with E-state index >= 15 is 0 Å². The molecule has 1 fully saturated rings. The summed E-state index contributed by atoms with van der Waals surface area (Å²) in [6, 6.07) is 0.606. The predicted octanol–water partition coefficient (Wildman–Crippen LogP) is 1.83. The predicted molar refractivity (Wildman–Crippen MR) is 61.3 cm³/mol. The van der Waals surface area contributed by atoms with E-state index in [-0.39, 0.29) is 0 Å². The molecule has 0 heterocycles. The van der Waals surface area contributed by atoms with E-state index < -0.39 is 0 Å². The van der Waals surface area contributed by atoms with Gasteiger partial charge in [0.15, 0.2) is 5.96 Å². The van der Waals surface area contributed by atoms with Crippen molar-refractivity contribution in [1.82, 2.24) is 4.90 Å². The van der Waals surface area contributed by atoms with Crippen molar-refractivity contribution < 1.29 is 0 Å². The van der Waals surface area contributed by atoms with Crippen LogP contribution >= 0.6 is 0 Å². The lowest BCUT2D eigenvalue weighted by Gasteiger charge is -2.34. The molecule has 0 aromatic heterocycles. The van der Waals surface area contributed by atoms with Crippen LogP contribution in [0.25, 0.3) is 0 Å². The molecule has 14 heavy (non-hydrogen) atoms. The minimum Gasteiger partial charge on any atom is -0.370 e. The molecule has 0 spiro atoms. The first-order chi connectivity index (χ1) is 6.65. The standard InChI is InChI=1S/C11H23N3/c1-4-13-11(12)14(3)10-7-5-6-9(2)8-10/h9-10H,4-8H2,1-3H3,(H2,12,13). The Kier molecular flexibility index (Phi) is 4.23. The van der Waals surface area contributed by atoms with Gasteiger partial charge in [-0.05, 0) is 25.7 Å². The zero-order valence-electron chi connectivity index (χ0n) is 9.66. The number of nitrogens with two attached hydrogens (primary N) is 1. The Morgan fingerprint density at radius 1 is 1.50 bits per heavy atom. The van der Waals surface area contributed by atoms with Gasteiger partial charge in [-0.3, -0.25) is 4.99 Å². The summed E-state index contributed by atoms with van der Waals surface area (Å²) in [6.07, 6.45) is 5.22. The maximum atomic E-state index is 5.88. The summed E-state index contributed by atoms with van der Waals surface area (Å²) in [4.78, 5) is 6.40. The minimum absolute atomic E-state index is 0.606. The normalized spacial score (nSPS) is 28.9. The van der Waals surface area contributed by atoms with Gasteiger partial charge in [0.05, 0.1) is 0 Å². The lowest BCUT2D eigenvalue weighted by molar-refractivity contribution is 0.230. The number of hydrogen-bond acceptors (Lipinski definition) is 1. The molecule has 0 aliphatic heterocycles. The molecule has 2 atom stereocenters. The van der Waals surface area contributed by atoms with E-state index in [9.17, 15) is 0 Å². The average Bonchev–Trinajstić information content (AvgIpc) is 2.17. The maximum Gasteiger partial charge on any atom is 0.191 e. The van der Waals surface area contributed by atoms with Crippen molar-refractivity contribution >= 4 is 5.96 Å². The summed E-state index contributed by atoms with van der Waals surface area (Å²) in [5, 5.41) is 0. The van der Waals surface area contributed by atoms with E-state index in [2.05, 4.69) is 23.9 Å². The van der Waals surface area contributed by atoms with Crippen LogP contribution in [-0.4, -0.2) is 30.5 Å². The molecule has 3 nitrogen and oxygen atoms in total. The summed E-state index contributed by atoms with van der Waals surface area (Å²) >= 11 is 0. The number of nitrogens with zero attached hydrogens (tertiary/aromatic N) is 2. The summed E-state index contributed by atoms with van der Waals surface area (Å²) in [6.45, 7) is 5.12. The molecule has 0 radical (unpaired) electrons. The van der Waals surface area contributed by atoms with Crippen molar-refractivity contribution in [2.24, 2.45) is 16.6 Å². The van der Waals surface area contributed by atoms with Crippen molar-refractivity contribution in [1.29, 1.82) is 0 Å². The van der Waals surface area contributed by atoms with Crippen molar-refractivity contribution in [3.05, 3.63) is 0 Å². The van der Waals surface area contributed by atoms with Gasteiger partial charge in [-0.25, -0.2) is 0 Å². The van der Waals surface area contributed by atoms with Crippen LogP contribution in [0.1, 0.15) is 39.5 Å². The molecule has 1 aliphatic rings. The third-order valence-corrected chi connectivity index (χ3v) is 3.14. The molecule has 82 valence electrons. The molecule has 0 amide bonds. The van der Waals surface area contributed by atoms with Gasteiger partial charge in [0.2, 0.25) is 0 Å². The molecular weight excluding hydrogens is 174 g/mol. The molecule has 1 rings (SSSR count). The van der Waals surface area contributed by atoms with Crippen LogP contribution < -0.4 is 5.73 Å². The van der Waals surface area contributed by atoms with E-state index in [4.69, 9.17) is 5.73 Å². The molecule has 0 bridgehead atoms. The van der Waals surface area contributed by atoms with Gasteiger partial charge in [0.1, 0.15) is 0 Å². The molecule has 0 aromatic carbocycles. The van der Waals surface area contributed by atoms with Crippen molar-refractivity contribution in [3.8, 4) is 0 Å². The van der Waals surface area contributed by atoms with E-state index in [1.807, 2.05) is 6.92 Å². The van der Waals surface area contributed by atoms with Gasteiger partial charge in [0.25, 0.3) is 0 Å². The Hall–Kier alpha value is -0.730. The second kappa shape index (κ2) is 5.23. The first kappa shape index (κ1) is 11.3. The molecular formula is C11H23N3. The van der Waals surface area contributed by atoms with Crippen LogP contribution in [0.4, 0.5) is 0 Å². The molecule has 0 saturated heterocycles. The first-order valence-corrected chi connectivity index (χ1v) is 5.67. The largest absolute Gasteiger partial charge is 0.370 e. The van der Waals surface area contributed by atoms with Crippen molar-refractivity contribution in [2.75, 3.05) is 13.6 Å². The van der Waals surface area contributed by atoms with Crippen LogP contribution in [0.5, 0.6) is 0 Å². The Balaban J connectivity index is 2.50. The Bertz CT molecular complexity index is 201. The van der Waals surface area contributed by atoms with Gasteiger partial charge in [-0.1, -0.05) is 19.8 Å². The van der Waals surface area contributed by atoms with Crippen LogP contribution in [-0.2, 0) is 0 Å². The highest BCUT2D eigenvalue weighted by atomic mass is 15.3. The Morgan fingerprint density at radius 2 is 2.21 bits per heavy atom. The number of rotatable bonds is 2. The summed E-state index contributed by atoms with van der Waals surface area (Å²) in [5.74, 6) is 1.54. The van der Waals surface area contributed by atoms with E-state index in [0.29, 0.717) is 12.0 Å². The highest BCUT2D eigenvalue weighted by Gasteiger charge is 2.23. The van der Waals surface area contributed by atoms with Crippen LogP contribution in [0.3, 0.4) is 0 Å². The molecule has 3 heteroatoms. The van der Waals surface area contributed by atoms with E-state index in [1.165, 1.54) is 25.7 Å². The van der Waals surface area contributed by atoms with E-state index in [1.54, 1.807) is 0 Å². The molecule has 1 saturated carbocycles. The van der Waals surface area contributed by atoms with Gasteiger partial charge in [0, 0.05) is 19.6 Å². The first-order valence-electron chi connectivity index (χ1n) is 5.67. The highest BCUT2D eigenvalue weighted by molar-refractivity contribution is 5.78. The maximum absolute atomic E-state index is 5.88. The Labute approximate surface area is 87.4 Å². The minimum atomic E-state index is 0.606. The van der Waals surface area contributed by atoms with Crippen LogP contribution in [0.2, 0.25) is 0 Å². The van der Waals surface area contributed by atoms with Gasteiger partial charge in [-0.15, -0.1) is 0 Å². The number of hydrogen-bond donors (Lipinski definition) is 1. The molecule has 2 N–H and O–H groups in total. The second-order valence-corrected chi connectivity index (χ2v) is 4.37. The lowest BCUT2D eigenvalue weighted by atomic mass is 9.86. The third-order valence-electron chi connectivity index (χ3n) is 3.14. The fourth-order valence-corrected chi connectivity index (χ4v) is 2.21. The number of aliphatic imine (C=N–C) groups is 1.